The van der Waals surface area contributed by atoms with E-state index in [2.05, 4.69) is 10.0 Å². The second-order valence-electron chi connectivity index (χ2n) is 2.36. The monoisotopic (exact) mass is 163 g/mol. The molecule has 0 amide bonds. The zero-order valence-electron chi connectivity index (χ0n) is 6.73. The van der Waals surface area contributed by atoms with Crippen LogP contribution in [0, 0.1) is 0 Å². The molecule has 0 saturated carbocycles. The van der Waals surface area contributed by atoms with Gasteiger partial charge in [0.1, 0.15) is 5.75 Å². The highest BCUT2D eigenvalue weighted by Crippen LogP contribution is 2.23. The molecule has 0 heterocycles. The second-order valence-corrected chi connectivity index (χ2v) is 2.36. The van der Waals surface area contributed by atoms with Gasteiger partial charge in [0.25, 0.3) is 0 Å². The van der Waals surface area contributed by atoms with Gasteiger partial charge in [-0.3, -0.25) is 0 Å². The quantitative estimate of drug-likeness (QED) is 0.406. The first-order chi connectivity index (χ1) is 5.77. The largest absolute Gasteiger partial charge is 0.508 e. The van der Waals surface area contributed by atoms with Crippen molar-refractivity contribution >= 4 is 5.69 Å². The summed E-state index contributed by atoms with van der Waals surface area (Å²) in [6.45, 7) is 1.95. The van der Waals surface area contributed by atoms with E-state index in [4.69, 9.17) is 5.53 Å². The molecule has 0 aromatic heterocycles. The molecule has 1 aromatic rings. The maximum atomic E-state index is 9.33. The van der Waals surface area contributed by atoms with E-state index in [1.807, 2.05) is 6.92 Å². The van der Waals surface area contributed by atoms with E-state index in [1.54, 1.807) is 12.1 Å². The molecule has 1 aromatic carbocycles. The fraction of sp³-hybridized carbons (Fsp3) is 0.250. The number of phenolic OH excluding ortho intramolecular Hbond substituents is 1. The summed E-state index contributed by atoms with van der Waals surface area (Å²) in [6, 6.07) is 4.89. The van der Waals surface area contributed by atoms with Crippen molar-refractivity contribution in [2.45, 2.75) is 13.3 Å². The van der Waals surface area contributed by atoms with E-state index in [-0.39, 0.29) is 5.75 Å². The molecule has 0 aliphatic carbocycles. The minimum Gasteiger partial charge on any atom is -0.508 e. The molecule has 0 bridgehead atoms. The van der Waals surface area contributed by atoms with Crippen LogP contribution in [-0.4, -0.2) is 5.11 Å². The molecule has 0 unspecified atom stereocenters. The highest BCUT2D eigenvalue weighted by molar-refractivity contribution is 5.47. The average Bonchev–Trinajstić information content (AvgIpc) is 2.05. The fourth-order valence-corrected chi connectivity index (χ4v) is 0.965. The van der Waals surface area contributed by atoms with Crippen molar-refractivity contribution in [1.29, 1.82) is 0 Å². The average molecular weight is 163 g/mol. The Morgan fingerprint density at radius 1 is 1.58 bits per heavy atom. The number of rotatable bonds is 2. The van der Waals surface area contributed by atoms with E-state index in [0.717, 1.165) is 12.0 Å². The summed E-state index contributed by atoms with van der Waals surface area (Å²) in [5, 5.41) is 12.7. The molecule has 0 fully saturated rings. The zero-order valence-corrected chi connectivity index (χ0v) is 6.73. The number of aromatic hydroxyl groups is 1. The number of azide groups is 1. The molecule has 0 atom stereocenters. The Bertz CT molecular complexity index is 329. The van der Waals surface area contributed by atoms with Crippen LogP contribution >= 0.6 is 0 Å². The number of nitrogens with zero attached hydrogens (tertiary/aromatic N) is 3. The molecule has 1 rings (SSSR count). The summed E-state index contributed by atoms with van der Waals surface area (Å²) in [4.78, 5) is 2.62. The van der Waals surface area contributed by atoms with Crippen LogP contribution in [0.5, 0.6) is 5.75 Å². The Kier molecular flexibility index (Phi) is 2.56. The summed E-state index contributed by atoms with van der Waals surface area (Å²) in [5.41, 5.74) is 9.40. The molecule has 0 aliphatic heterocycles. The van der Waals surface area contributed by atoms with Gasteiger partial charge >= 0.3 is 0 Å². The topological polar surface area (TPSA) is 69.0 Å². The first-order valence-corrected chi connectivity index (χ1v) is 3.65. The van der Waals surface area contributed by atoms with Crippen molar-refractivity contribution in [2.75, 3.05) is 0 Å². The maximum Gasteiger partial charge on any atom is 0.119 e. The first kappa shape index (κ1) is 8.43. The van der Waals surface area contributed by atoms with Gasteiger partial charge in [0.05, 0.1) is 0 Å². The predicted octanol–water partition coefficient (Wildman–Crippen LogP) is 2.90. The van der Waals surface area contributed by atoms with Gasteiger partial charge in [-0.2, -0.15) is 0 Å². The molecule has 0 saturated heterocycles. The lowest BCUT2D eigenvalue weighted by molar-refractivity contribution is 0.469. The molecule has 0 spiro atoms. The minimum absolute atomic E-state index is 0.183. The number of phenols is 1. The molecule has 12 heavy (non-hydrogen) atoms. The maximum absolute atomic E-state index is 9.33. The van der Waals surface area contributed by atoms with Gasteiger partial charge in [-0.15, -0.1) is 0 Å². The number of hydrogen-bond donors (Lipinski definition) is 1. The van der Waals surface area contributed by atoms with Crippen LogP contribution in [0.3, 0.4) is 0 Å². The molecule has 0 radical (unpaired) electrons. The third kappa shape index (κ3) is 1.68. The van der Waals surface area contributed by atoms with E-state index in [9.17, 15) is 5.11 Å². The fourth-order valence-electron chi connectivity index (χ4n) is 0.965. The van der Waals surface area contributed by atoms with Gasteiger partial charge in [-0.05, 0) is 23.6 Å². The van der Waals surface area contributed by atoms with E-state index in [1.165, 1.54) is 6.07 Å². The Morgan fingerprint density at radius 2 is 2.33 bits per heavy atom. The van der Waals surface area contributed by atoms with Gasteiger partial charge in [0, 0.05) is 10.6 Å². The highest BCUT2D eigenvalue weighted by Gasteiger charge is 1.98. The standard InChI is InChI=1S/C8H9N3O/c1-2-6-3-4-7(10-11-9)5-8(6)12/h3-5,12H,2H2,1H3. The Hall–Kier alpha value is -1.67. The van der Waals surface area contributed by atoms with Crippen molar-refractivity contribution in [3.8, 4) is 5.75 Å². The van der Waals surface area contributed by atoms with Crippen LogP contribution in [0.1, 0.15) is 12.5 Å². The lowest BCUT2D eigenvalue weighted by atomic mass is 10.1. The number of hydrogen-bond acceptors (Lipinski definition) is 2. The minimum atomic E-state index is 0.183. The Morgan fingerprint density at radius 3 is 2.83 bits per heavy atom. The second kappa shape index (κ2) is 3.64. The smallest absolute Gasteiger partial charge is 0.119 e. The van der Waals surface area contributed by atoms with Crippen molar-refractivity contribution < 1.29 is 5.11 Å². The first-order valence-electron chi connectivity index (χ1n) is 3.65. The molecule has 4 nitrogen and oxygen atoms in total. The Balaban J connectivity index is 3.09. The Labute approximate surface area is 70.1 Å². The van der Waals surface area contributed by atoms with Gasteiger partial charge in [-0.25, -0.2) is 0 Å². The SMILES string of the molecule is CCc1ccc(N=[N+]=[N-])cc1O. The van der Waals surface area contributed by atoms with Crippen LogP contribution < -0.4 is 0 Å². The summed E-state index contributed by atoms with van der Waals surface area (Å²) >= 11 is 0. The van der Waals surface area contributed by atoms with E-state index >= 15 is 0 Å². The predicted molar refractivity (Wildman–Crippen MR) is 46.3 cm³/mol. The van der Waals surface area contributed by atoms with Crippen LogP contribution in [0.2, 0.25) is 0 Å². The molecule has 0 aliphatic rings. The number of aryl methyl sites for hydroxylation is 1. The summed E-state index contributed by atoms with van der Waals surface area (Å²) in [7, 11) is 0. The van der Waals surface area contributed by atoms with Crippen LogP contribution in [0.25, 0.3) is 10.4 Å². The normalized spacial score (nSPS) is 9.08. The van der Waals surface area contributed by atoms with Gasteiger partial charge in [0.2, 0.25) is 0 Å². The third-order valence-electron chi connectivity index (χ3n) is 1.61. The highest BCUT2D eigenvalue weighted by atomic mass is 16.3. The lowest BCUT2D eigenvalue weighted by Crippen LogP contribution is -1.79. The van der Waals surface area contributed by atoms with Gasteiger partial charge < -0.3 is 5.11 Å². The van der Waals surface area contributed by atoms with Crippen molar-refractivity contribution in [3.05, 3.63) is 34.2 Å². The summed E-state index contributed by atoms with van der Waals surface area (Å²) < 4.78 is 0. The van der Waals surface area contributed by atoms with Crippen molar-refractivity contribution in [1.82, 2.24) is 0 Å². The van der Waals surface area contributed by atoms with Crippen molar-refractivity contribution in [2.24, 2.45) is 5.11 Å². The molecular weight excluding hydrogens is 154 g/mol. The van der Waals surface area contributed by atoms with Gasteiger partial charge in [-0.1, -0.05) is 24.2 Å². The number of benzene rings is 1. The van der Waals surface area contributed by atoms with Crippen molar-refractivity contribution in [3.63, 3.8) is 0 Å². The van der Waals surface area contributed by atoms with Crippen LogP contribution in [-0.2, 0) is 6.42 Å². The van der Waals surface area contributed by atoms with E-state index in [0.29, 0.717) is 5.69 Å². The van der Waals surface area contributed by atoms with Crippen LogP contribution in [0.4, 0.5) is 5.69 Å². The van der Waals surface area contributed by atoms with Crippen LogP contribution in [0.15, 0.2) is 23.3 Å². The van der Waals surface area contributed by atoms with E-state index < -0.39 is 0 Å². The molecule has 4 heteroatoms. The lowest BCUT2D eigenvalue weighted by Gasteiger charge is -2.00. The summed E-state index contributed by atoms with van der Waals surface area (Å²) in [6.07, 6.45) is 0.766. The molecule has 62 valence electrons. The van der Waals surface area contributed by atoms with Gasteiger partial charge in [0.15, 0.2) is 0 Å². The molecule has 1 N–H and O–H groups in total. The zero-order chi connectivity index (χ0) is 8.97. The molecular formula is C8H9N3O. The summed E-state index contributed by atoms with van der Waals surface area (Å²) in [5.74, 6) is 0.183. The third-order valence-corrected chi connectivity index (χ3v) is 1.61.